The van der Waals surface area contributed by atoms with Gasteiger partial charge in [-0.15, -0.1) is 0 Å². The molecular formula is C15H24N4O. The maximum absolute atomic E-state index is 12.0. The number of likely N-dealkylation sites (N-methyl/N-ethyl adjacent to an activating group) is 1. The van der Waals surface area contributed by atoms with E-state index in [1.54, 1.807) is 6.33 Å². The number of anilines is 1. The third kappa shape index (κ3) is 3.46. The number of hydrogen-bond acceptors (Lipinski definition) is 4. The Morgan fingerprint density at radius 2 is 1.95 bits per heavy atom. The van der Waals surface area contributed by atoms with Gasteiger partial charge in [0.2, 0.25) is 5.91 Å². The van der Waals surface area contributed by atoms with Crippen LogP contribution in [0, 0.1) is 0 Å². The van der Waals surface area contributed by atoms with Crippen LogP contribution in [-0.2, 0) is 17.6 Å². The molecule has 1 aromatic heterocycles. The molecule has 1 aliphatic carbocycles. The van der Waals surface area contributed by atoms with Gasteiger partial charge in [0.15, 0.2) is 0 Å². The summed E-state index contributed by atoms with van der Waals surface area (Å²) >= 11 is 0. The summed E-state index contributed by atoms with van der Waals surface area (Å²) in [6, 6.07) is 0. The van der Waals surface area contributed by atoms with Gasteiger partial charge in [-0.1, -0.05) is 6.42 Å². The minimum absolute atomic E-state index is 0.121. The molecule has 0 spiro atoms. The van der Waals surface area contributed by atoms with Gasteiger partial charge in [0.1, 0.15) is 12.1 Å². The van der Waals surface area contributed by atoms with E-state index in [9.17, 15) is 4.79 Å². The van der Waals surface area contributed by atoms with Gasteiger partial charge in [-0.05, 0) is 39.5 Å². The summed E-state index contributed by atoms with van der Waals surface area (Å²) in [6.45, 7) is 5.80. The number of fused-ring (bicyclic) bond motifs is 1. The van der Waals surface area contributed by atoms with Gasteiger partial charge in [-0.2, -0.15) is 0 Å². The van der Waals surface area contributed by atoms with E-state index in [1.807, 2.05) is 18.7 Å². The van der Waals surface area contributed by atoms with Gasteiger partial charge in [0.05, 0.1) is 6.54 Å². The van der Waals surface area contributed by atoms with Crippen LogP contribution in [0.15, 0.2) is 6.33 Å². The van der Waals surface area contributed by atoms with Crippen molar-refractivity contribution < 1.29 is 4.79 Å². The first-order chi connectivity index (χ1) is 9.76. The third-order valence-electron chi connectivity index (χ3n) is 3.90. The number of aromatic nitrogens is 2. The Labute approximate surface area is 120 Å². The average molecular weight is 276 g/mol. The number of nitrogens with zero attached hydrogens (tertiary/aromatic N) is 3. The van der Waals surface area contributed by atoms with Crippen LogP contribution in [0.25, 0.3) is 0 Å². The highest BCUT2D eigenvalue weighted by molar-refractivity contribution is 5.80. The fourth-order valence-corrected chi connectivity index (χ4v) is 2.70. The molecule has 0 saturated carbocycles. The molecule has 0 unspecified atom stereocenters. The van der Waals surface area contributed by atoms with E-state index in [2.05, 4.69) is 15.3 Å². The fraction of sp³-hybridized carbons (Fsp3) is 0.667. The average Bonchev–Trinajstić information content (AvgIpc) is 2.72. The molecule has 110 valence electrons. The first-order valence-corrected chi connectivity index (χ1v) is 7.60. The maximum Gasteiger partial charge on any atom is 0.241 e. The van der Waals surface area contributed by atoms with Crippen LogP contribution < -0.4 is 5.32 Å². The molecule has 5 nitrogen and oxygen atoms in total. The Bertz CT molecular complexity index is 457. The standard InChI is InChI=1S/C15H24N4O/c1-3-19(4-2)14(20)10-16-15-12-8-6-5-7-9-13(12)17-11-18-15/h11H,3-10H2,1-2H3,(H,16,17,18). The van der Waals surface area contributed by atoms with Crippen molar-refractivity contribution in [1.29, 1.82) is 0 Å². The molecule has 5 heteroatoms. The molecular weight excluding hydrogens is 252 g/mol. The molecule has 0 fully saturated rings. The van der Waals surface area contributed by atoms with Crippen molar-refractivity contribution in [3.05, 3.63) is 17.6 Å². The molecule has 20 heavy (non-hydrogen) atoms. The van der Waals surface area contributed by atoms with Crippen molar-refractivity contribution in [3.63, 3.8) is 0 Å². The predicted molar refractivity (Wildman–Crippen MR) is 79.7 cm³/mol. The van der Waals surface area contributed by atoms with Crippen molar-refractivity contribution in [1.82, 2.24) is 14.9 Å². The summed E-state index contributed by atoms with van der Waals surface area (Å²) < 4.78 is 0. The van der Waals surface area contributed by atoms with Crippen LogP contribution in [0.1, 0.15) is 44.4 Å². The van der Waals surface area contributed by atoms with E-state index >= 15 is 0 Å². The van der Waals surface area contributed by atoms with Gasteiger partial charge < -0.3 is 10.2 Å². The minimum Gasteiger partial charge on any atom is -0.361 e. The van der Waals surface area contributed by atoms with E-state index in [1.165, 1.54) is 24.8 Å². The fourth-order valence-electron chi connectivity index (χ4n) is 2.70. The topological polar surface area (TPSA) is 58.1 Å². The van der Waals surface area contributed by atoms with Crippen LogP contribution in [0.4, 0.5) is 5.82 Å². The number of carbonyl (C=O) groups excluding carboxylic acids is 1. The molecule has 1 heterocycles. The lowest BCUT2D eigenvalue weighted by atomic mass is 10.1. The molecule has 1 aromatic rings. The summed E-state index contributed by atoms with van der Waals surface area (Å²) in [7, 11) is 0. The Kier molecular flexibility index (Phi) is 5.32. The van der Waals surface area contributed by atoms with Crippen molar-refractivity contribution in [3.8, 4) is 0 Å². The smallest absolute Gasteiger partial charge is 0.241 e. The zero-order valence-electron chi connectivity index (χ0n) is 12.5. The van der Waals surface area contributed by atoms with Gasteiger partial charge in [-0.3, -0.25) is 4.79 Å². The first kappa shape index (κ1) is 14.8. The Hall–Kier alpha value is -1.65. The monoisotopic (exact) mass is 276 g/mol. The lowest BCUT2D eigenvalue weighted by Gasteiger charge is -2.19. The van der Waals surface area contributed by atoms with Crippen LogP contribution in [0.5, 0.6) is 0 Å². The third-order valence-corrected chi connectivity index (χ3v) is 3.90. The zero-order valence-corrected chi connectivity index (χ0v) is 12.5. The lowest BCUT2D eigenvalue weighted by Crippen LogP contribution is -2.35. The normalized spacial score (nSPS) is 14.3. The highest BCUT2D eigenvalue weighted by Crippen LogP contribution is 2.23. The molecule has 1 aliphatic rings. The molecule has 2 rings (SSSR count). The number of aryl methyl sites for hydroxylation is 1. The maximum atomic E-state index is 12.0. The van der Waals surface area contributed by atoms with Gasteiger partial charge in [0, 0.05) is 24.3 Å². The first-order valence-electron chi connectivity index (χ1n) is 7.60. The van der Waals surface area contributed by atoms with Crippen LogP contribution >= 0.6 is 0 Å². The van der Waals surface area contributed by atoms with Crippen molar-refractivity contribution in [2.75, 3.05) is 25.0 Å². The van der Waals surface area contributed by atoms with E-state index in [0.717, 1.165) is 37.4 Å². The molecule has 0 aliphatic heterocycles. The quantitative estimate of drug-likeness (QED) is 0.836. The van der Waals surface area contributed by atoms with Crippen molar-refractivity contribution >= 4 is 11.7 Å². The van der Waals surface area contributed by atoms with Crippen LogP contribution in [0.2, 0.25) is 0 Å². The van der Waals surface area contributed by atoms with E-state index < -0.39 is 0 Å². The Morgan fingerprint density at radius 3 is 2.70 bits per heavy atom. The number of rotatable bonds is 5. The molecule has 0 saturated heterocycles. The Morgan fingerprint density at radius 1 is 1.20 bits per heavy atom. The van der Waals surface area contributed by atoms with E-state index in [0.29, 0.717) is 6.54 Å². The van der Waals surface area contributed by atoms with Gasteiger partial charge in [0.25, 0.3) is 0 Å². The summed E-state index contributed by atoms with van der Waals surface area (Å²) in [5.41, 5.74) is 2.35. The van der Waals surface area contributed by atoms with Crippen molar-refractivity contribution in [2.24, 2.45) is 0 Å². The molecule has 0 atom stereocenters. The number of nitrogens with one attached hydrogen (secondary N) is 1. The second-order valence-corrected chi connectivity index (χ2v) is 5.13. The second-order valence-electron chi connectivity index (χ2n) is 5.13. The number of carbonyl (C=O) groups is 1. The van der Waals surface area contributed by atoms with Gasteiger partial charge in [-0.25, -0.2) is 9.97 Å². The molecule has 1 N–H and O–H groups in total. The second kappa shape index (κ2) is 7.22. The SMILES string of the molecule is CCN(CC)C(=O)CNc1ncnc2c1CCCCC2. The van der Waals surface area contributed by atoms with Gasteiger partial charge >= 0.3 is 0 Å². The number of hydrogen-bond donors (Lipinski definition) is 1. The molecule has 0 bridgehead atoms. The summed E-state index contributed by atoms with van der Waals surface area (Å²) in [6.07, 6.45) is 7.26. The largest absolute Gasteiger partial charge is 0.361 e. The van der Waals surface area contributed by atoms with E-state index in [-0.39, 0.29) is 5.91 Å². The minimum atomic E-state index is 0.121. The predicted octanol–water partition coefficient (Wildman–Crippen LogP) is 2.03. The van der Waals surface area contributed by atoms with Crippen LogP contribution in [-0.4, -0.2) is 40.4 Å². The lowest BCUT2D eigenvalue weighted by molar-refractivity contribution is -0.128. The van der Waals surface area contributed by atoms with Crippen molar-refractivity contribution in [2.45, 2.75) is 46.0 Å². The summed E-state index contributed by atoms with van der Waals surface area (Å²) in [4.78, 5) is 22.6. The zero-order chi connectivity index (χ0) is 14.4. The molecule has 0 aromatic carbocycles. The highest BCUT2D eigenvalue weighted by Gasteiger charge is 2.15. The molecule has 1 amide bonds. The number of amides is 1. The van der Waals surface area contributed by atoms with E-state index in [4.69, 9.17) is 0 Å². The van der Waals surface area contributed by atoms with Crippen LogP contribution in [0.3, 0.4) is 0 Å². The summed E-state index contributed by atoms with van der Waals surface area (Å²) in [5.74, 6) is 0.966. The molecule has 0 radical (unpaired) electrons. The summed E-state index contributed by atoms with van der Waals surface area (Å²) in [5, 5.41) is 3.21. The highest BCUT2D eigenvalue weighted by atomic mass is 16.2. The Balaban J connectivity index is 2.05.